The average molecular weight is 390 g/mol. The van der Waals surface area contributed by atoms with Crippen LogP contribution in [-0.4, -0.2) is 40.7 Å². The maximum absolute atomic E-state index is 12.3. The minimum atomic E-state index is -3.61. The van der Waals surface area contributed by atoms with Crippen molar-refractivity contribution in [2.45, 2.75) is 23.8 Å². The minimum Gasteiger partial charge on any atom is -0.497 e. The van der Waals surface area contributed by atoms with E-state index >= 15 is 0 Å². The van der Waals surface area contributed by atoms with Gasteiger partial charge >= 0.3 is 0 Å². The Morgan fingerprint density at radius 2 is 1.85 bits per heavy atom. The molecule has 0 bridgehead atoms. The number of sulfonamides is 1. The van der Waals surface area contributed by atoms with Crippen molar-refractivity contribution in [1.29, 1.82) is 0 Å². The van der Waals surface area contributed by atoms with Crippen LogP contribution < -0.4 is 14.8 Å². The van der Waals surface area contributed by atoms with Crippen molar-refractivity contribution in [3.8, 4) is 5.75 Å². The average Bonchev–Trinajstić information content (AvgIpc) is 3.21. The summed E-state index contributed by atoms with van der Waals surface area (Å²) in [5.41, 5.74) is 0.986. The maximum Gasteiger partial charge on any atom is 0.255 e. The zero-order valence-electron chi connectivity index (χ0n) is 15.0. The van der Waals surface area contributed by atoms with E-state index in [4.69, 9.17) is 9.47 Å². The topological polar surface area (TPSA) is 93.7 Å². The van der Waals surface area contributed by atoms with Gasteiger partial charge in [0.25, 0.3) is 5.91 Å². The van der Waals surface area contributed by atoms with Gasteiger partial charge in [-0.15, -0.1) is 0 Å². The molecule has 7 nitrogen and oxygen atoms in total. The van der Waals surface area contributed by atoms with Crippen LogP contribution in [0.3, 0.4) is 0 Å². The molecule has 27 heavy (non-hydrogen) atoms. The fourth-order valence-corrected chi connectivity index (χ4v) is 3.82. The Morgan fingerprint density at radius 3 is 2.44 bits per heavy atom. The fraction of sp³-hybridized carbons (Fsp3) is 0.316. The van der Waals surface area contributed by atoms with Gasteiger partial charge in [-0.25, -0.2) is 13.1 Å². The van der Waals surface area contributed by atoms with Crippen LogP contribution in [0.2, 0.25) is 0 Å². The normalized spacial score (nSPS) is 16.9. The third-order valence-corrected chi connectivity index (χ3v) is 5.74. The number of anilines is 1. The fourth-order valence-electron chi connectivity index (χ4n) is 2.75. The lowest BCUT2D eigenvalue weighted by Gasteiger charge is -2.12. The van der Waals surface area contributed by atoms with Crippen LogP contribution >= 0.6 is 0 Å². The van der Waals surface area contributed by atoms with Gasteiger partial charge in [-0.2, -0.15) is 0 Å². The van der Waals surface area contributed by atoms with Crippen LogP contribution in [0.15, 0.2) is 53.4 Å². The van der Waals surface area contributed by atoms with Crippen LogP contribution in [0.5, 0.6) is 5.75 Å². The second-order valence-electron chi connectivity index (χ2n) is 6.19. The lowest BCUT2D eigenvalue weighted by atomic mass is 10.2. The molecule has 144 valence electrons. The number of hydrogen-bond donors (Lipinski definition) is 2. The van der Waals surface area contributed by atoms with E-state index in [1.807, 2.05) is 0 Å². The number of hydrogen-bond acceptors (Lipinski definition) is 5. The molecule has 1 aliphatic rings. The number of ether oxygens (including phenoxy) is 2. The van der Waals surface area contributed by atoms with Crippen molar-refractivity contribution in [2.24, 2.45) is 0 Å². The molecule has 1 saturated heterocycles. The molecule has 1 heterocycles. The standard InChI is InChI=1S/C19H22N2O5S/c1-25-16-8-4-14(5-9-16)19(22)21-15-6-10-18(11-7-15)27(23,24)20-13-17-3-2-12-26-17/h4-11,17,20H,2-3,12-13H2,1H3,(H,21,22)/t17-/m1/s1. The first-order chi connectivity index (χ1) is 13.0. The zero-order valence-corrected chi connectivity index (χ0v) is 15.8. The molecule has 2 aromatic rings. The second kappa shape index (κ2) is 8.51. The van der Waals surface area contributed by atoms with E-state index in [1.165, 1.54) is 12.1 Å². The van der Waals surface area contributed by atoms with Crippen LogP contribution in [0.1, 0.15) is 23.2 Å². The summed E-state index contributed by atoms with van der Waals surface area (Å²) in [7, 11) is -2.05. The first-order valence-corrected chi connectivity index (χ1v) is 10.1. The second-order valence-corrected chi connectivity index (χ2v) is 7.96. The van der Waals surface area contributed by atoms with Gasteiger partial charge in [-0.05, 0) is 61.4 Å². The quantitative estimate of drug-likeness (QED) is 0.757. The van der Waals surface area contributed by atoms with Crippen molar-refractivity contribution in [1.82, 2.24) is 4.72 Å². The smallest absolute Gasteiger partial charge is 0.255 e. The first-order valence-electron chi connectivity index (χ1n) is 8.65. The maximum atomic E-state index is 12.3. The van der Waals surface area contributed by atoms with Crippen LogP contribution in [-0.2, 0) is 14.8 Å². The molecule has 0 aromatic heterocycles. The number of benzene rings is 2. The third-order valence-electron chi connectivity index (χ3n) is 4.30. The summed E-state index contributed by atoms with van der Waals surface area (Å²) in [6.45, 7) is 0.938. The minimum absolute atomic E-state index is 0.0668. The van der Waals surface area contributed by atoms with E-state index in [2.05, 4.69) is 10.0 Å². The Bertz CT molecular complexity index is 873. The van der Waals surface area contributed by atoms with E-state index in [-0.39, 0.29) is 23.5 Å². The summed E-state index contributed by atoms with van der Waals surface area (Å²) in [6, 6.07) is 12.7. The van der Waals surface area contributed by atoms with Gasteiger partial charge < -0.3 is 14.8 Å². The van der Waals surface area contributed by atoms with Crippen molar-refractivity contribution in [3.63, 3.8) is 0 Å². The molecule has 0 unspecified atom stereocenters. The first kappa shape index (κ1) is 19.3. The molecule has 1 fully saturated rings. The molecule has 3 rings (SSSR count). The summed E-state index contributed by atoms with van der Waals surface area (Å²) < 4.78 is 37.7. The monoisotopic (exact) mass is 390 g/mol. The van der Waals surface area contributed by atoms with E-state index in [0.29, 0.717) is 23.6 Å². The van der Waals surface area contributed by atoms with Gasteiger partial charge in [0.05, 0.1) is 18.1 Å². The van der Waals surface area contributed by atoms with Crippen molar-refractivity contribution in [3.05, 3.63) is 54.1 Å². The van der Waals surface area contributed by atoms with Gasteiger partial charge in [0.1, 0.15) is 5.75 Å². The van der Waals surface area contributed by atoms with Crippen LogP contribution in [0.4, 0.5) is 5.69 Å². The molecular weight excluding hydrogens is 368 g/mol. The Labute approximate surface area is 158 Å². The van der Waals surface area contributed by atoms with Gasteiger partial charge in [0.15, 0.2) is 0 Å². The predicted molar refractivity (Wildman–Crippen MR) is 102 cm³/mol. The Hall–Kier alpha value is -2.42. The lowest BCUT2D eigenvalue weighted by Crippen LogP contribution is -2.31. The van der Waals surface area contributed by atoms with Gasteiger partial charge in [0, 0.05) is 24.4 Å². The van der Waals surface area contributed by atoms with Crippen LogP contribution in [0.25, 0.3) is 0 Å². The number of amides is 1. The highest BCUT2D eigenvalue weighted by atomic mass is 32.2. The zero-order chi connectivity index (χ0) is 19.3. The van der Waals surface area contributed by atoms with Crippen molar-refractivity contribution >= 4 is 21.6 Å². The van der Waals surface area contributed by atoms with E-state index in [1.54, 1.807) is 43.5 Å². The summed E-state index contributed by atoms with van der Waals surface area (Å²) in [4.78, 5) is 12.4. The van der Waals surface area contributed by atoms with Crippen molar-refractivity contribution in [2.75, 3.05) is 25.6 Å². The van der Waals surface area contributed by atoms with E-state index in [9.17, 15) is 13.2 Å². The lowest BCUT2D eigenvalue weighted by molar-refractivity contribution is 0.102. The SMILES string of the molecule is COc1ccc(C(=O)Nc2ccc(S(=O)(=O)NC[C@H]3CCCO3)cc2)cc1. The Balaban J connectivity index is 1.60. The highest BCUT2D eigenvalue weighted by molar-refractivity contribution is 7.89. The van der Waals surface area contributed by atoms with Crippen LogP contribution in [0, 0.1) is 0 Å². The molecule has 1 aliphatic heterocycles. The molecule has 0 aliphatic carbocycles. The number of carbonyl (C=O) groups excluding carboxylic acids is 1. The molecule has 1 amide bonds. The van der Waals surface area contributed by atoms with E-state index < -0.39 is 10.0 Å². The van der Waals surface area contributed by atoms with Gasteiger partial charge in [-0.1, -0.05) is 0 Å². The Kier molecular flexibility index (Phi) is 6.10. The Morgan fingerprint density at radius 1 is 1.15 bits per heavy atom. The largest absolute Gasteiger partial charge is 0.497 e. The molecule has 8 heteroatoms. The number of nitrogens with one attached hydrogen (secondary N) is 2. The van der Waals surface area contributed by atoms with Gasteiger partial charge in [0.2, 0.25) is 10.0 Å². The highest BCUT2D eigenvalue weighted by Gasteiger charge is 2.20. The molecule has 2 N–H and O–H groups in total. The molecule has 2 aromatic carbocycles. The summed E-state index contributed by atoms with van der Waals surface area (Å²) >= 11 is 0. The summed E-state index contributed by atoms with van der Waals surface area (Å²) in [5.74, 6) is 0.376. The molecule has 0 radical (unpaired) electrons. The number of rotatable bonds is 7. The molecule has 1 atom stereocenters. The van der Waals surface area contributed by atoms with Crippen molar-refractivity contribution < 1.29 is 22.7 Å². The van der Waals surface area contributed by atoms with E-state index in [0.717, 1.165) is 12.8 Å². The third kappa shape index (κ3) is 5.06. The predicted octanol–water partition coefficient (Wildman–Crippen LogP) is 2.40. The molecule has 0 spiro atoms. The molecular formula is C19H22N2O5S. The summed E-state index contributed by atoms with van der Waals surface area (Å²) in [5, 5.41) is 2.74. The highest BCUT2D eigenvalue weighted by Crippen LogP contribution is 2.17. The number of methoxy groups -OCH3 is 1. The number of carbonyl (C=O) groups is 1. The van der Waals surface area contributed by atoms with Gasteiger partial charge in [-0.3, -0.25) is 4.79 Å². The summed E-state index contributed by atoms with van der Waals surface area (Å²) in [6.07, 6.45) is 1.75. The molecule has 0 saturated carbocycles.